The van der Waals surface area contributed by atoms with Crippen LogP contribution in [0.3, 0.4) is 0 Å². The highest BCUT2D eigenvalue weighted by Crippen LogP contribution is 2.41. The van der Waals surface area contributed by atoms with Gasteiger partial charge in [-0.15, -0.1) is 0 Å². The Morgan fingerprint density at radius 3 is 1.60 bits per heavy atom. The van der Waals surface area contributed by atoms with Crippen molar-refractivity contribution in [2.45, 2.75) is 0 Å². The number of nitrogens with zero attached hydrogens (tertiary/aromatic N) is 2. The smallest absolute Gasteiger partial charge is 0.0619 e. The zero-order chi connectivity index (χ0) is 34.4. The average Bonchev–Trinajstić information content (AvgIpc) is 3.57. The van der Waals surface area contributed by atoms with E-state index in [-0.39, 0.29) is 0 Å². The summed E-state index contributed by atoms with van der Waals surface area (Å²) in [6.07, 6.45) is 0. The van der Waals surface area contributed by atoms with Crippen molar-refractivity contribution in [3.8, 4) is 27.9 Å². The highest BCUT2D eigenvalue weighted by atomic mass is 15.1. The van der Waals surface area contributed by atoms with Crippen LogP contribution < -0.4 is 4.90 Å². The Morgan fingerprint density at radius 1 is 0.308 bits per heavy atom. The molecule has 10 aromatic rings. The van der Waals surface area contributed by atoms with Gasteiger partial charge in [0, 0.05) is 38.9 Å². The minimum atomic E-state index is 1.11. The SMILES string of the molecule is c1ccc(-c2ccc(N(c3ccc(-c4ccc5ccccc5c4)cc3)c3ccc4c(ccc5c6ccccc6n(-c6ccccc6)c45)c3)cc2)cc1. The second-order valence-electron chi connectivity index (χ2n) is 13.4. The third-order valence-corrected chi connectivity index (χ3v) is 10.3. The van der Waals surface area contributed by atoms with Crippen LogP contribution in [-0.4, -0.2) is 4.57 Å². The Balaban J connectivity index is 1.12. The number of hydrogen-bond acceptors (Lipinski definition) is 1. The second kappa shape index (κ2) is 12.5. The molecule has 0 N–H and O–H groups in total. The molecule has 0 bridgehead atoms. The second-order valence-corrected chi connectivity index (χ2v) is 13.4. The van der Waals surface area contributed by atoms with Gasteiger partial charge in [0.15, 0.2) is 0 Å². The Hall–Kier alpha value is -6.90. The van der Waals surface area contributed by atoms with Gasteiger partial charge in [-0.1, -0.05) is 146 Å². The molecule has 10 rings (SSSR count). The summed E-state index contributed by atoms with van der Waals surface area (Å²) in [7, 11) is 0. The van der Waals surface area contributed by atoms with Gasteiger partial charge >= 0.3 is 0 Å². The highest BCUT2D eigenvalue weighted by molar-refractivity contribution is 6.19. The van der Waals surface area contributed by atoms with E-state index in [0.717, 1.165) is 22.7 Å². The first-order valence-corrected chi connectivity index (χ1v) is 17.8. The fourth-order valence-electron chi connectivity index (χ4n) is 7.81. The minimum Gasteiger partial charge on any atom is -0.310 e. The summed E-state index contributed by atoms with van der Waals surface area (Å²) in [4.78, 5) is 2.37. The van der Waals surface area contributed by atoms with Gasteiger partial charge in [-0.2, -0.15) is 0 Å². The molecule has 0 saturated carbocycles. The number of hydrogen-bond donors (Lipinski definition) is 0. The largest absolute Gasteiger partial charge is 0.310 e. The fourth-order valence-corrected chi connectivity index (χ4v) is 7.81. The number of benzene rings is 9. The van der Waals surface area contributed by atoms with Crippen LogP contribution in [0.1, 0.15) is 0 Å². The zero-order valence-electron chi connectivity index (χ0n) is 28.5. The van der Waals surface area contributed by atoms with E-state index in [1.807, 2.05) is 0 Å². The number of para-hydroxylation sites is 2. The van der Waals surface area contributed by atoms with E-state index in [1.165, 1.54) is 65.6 Å². The molecule has 244 valence electrons. The molecule has 0 aliphatic carbocycles. The summed E-state index contributed by atoms with van der Waals surface area (Å²) in [6, 6.07) is 74.7. The number of aromatic nitrogens is 1. The first-order valence-electron chi connectivity index (χ1n) is 17.8. The first kappa shape index (κ1) is 30.0. The fraction of sp³-hybridized carbons (Fsp3) is 0. The molecule has 0 spiro atoms. The van der Waals surface area contributed by atoms with Gasteiger partial charge in [-0.25, -0.2) is 0 Å². The summed E-state index contributed by atoms with van der Waals surface area (Å²) >= 11 is 0. The zero-order valence-corrected chi connectivity index (χ0v) is 28.5. The van der Waals surface area contributed by atoms with Crippen LogP contribution in [0.2, 0.25) is 0 Å². The van der Waals surface area contributed by atoms with E-state index in [2.05, 4.69) is 216 Å². The molecule has 0 radical (unpaired) electrons. The molecular weight excluding hydrogens is 629 g/mol. The lowest BCUT2D eigenvalue weighted by molar-refractivity contribution is 1.19. The maximum absolute atomic E-state index is 2.41. The van der Waals surface area contributed by atoms with Gasteiger partial charge in [0.2, 0.25) is 0 Å². The van der Waals surface area contributed by atoms with E-state index in [1.54, 1.807) is 0 Å². The maximum atomic E-state index is 2.41. The van der Waals surface area contributed by atoms with Gasteiger partial charge in [0.1, 0.15) is 0 Å². The Labute approximate surface area is 303 Å². The third kappa shape index (κ3) is 5.12. The van der Waals surface area contributed by atoms with E-state index < -0.39 is 0 Å². The quantitative estimate of drug-likeness (QED) is 0.172. The summed E-state index contributed by atoms with van der Waals surface area (Å²) in [5, 5.41) is 7.46. The van der Waals surface area contributed by atoms with Gasteiger partial charge < -0.3 is 9.47 Å². The van der Waals surface area contributed by atoms with Crippen molar-refractivity contribution in [2.75, 3.05) is 4.90 Å². The van der Waals surface area contributed by atoms with Crippen molar-refractivity contribution in [2.24, 2.45) is 0 Å². The summed E-state index contributed by atoms with van der Waals surface area (Å²) in [6.45, 7) is 0. The van der Waals surface area contributed by atoms with E-state index >= 15 is 0 Å². The van der Waals surface area contributed by atoms with Crippen LogP contribution in [0.15, 0.2) is 206 Å². The maximum Gasteiger partial charge on any atom is 0.0619 e. The molecule has 0 saturated heterocycles. The van der Waals surface area contributed by atoms with E-state index in [4.69, 9.17) is 0 Å². The Morgan fingerprint density at radius 2 is 0.846 bits per heavy atom. The molecule has 2 nitrogen and oxygen atoms in total. The van der Waals surface area contributed by atoms with Gasteiger partial charge in [0.25, 0.3) is 0 Å². The molecular formula is C50H34N2. The molecule has 0 aliphatic heterocycles. The van der Waals surface area contributed by atoms with Crippen molar-refractivity contribution in [3.05, 3.63) is 206 Å². The molecule has 1 heterocycles. The molecule has 0 atom stereocenters. The van der Waals surface area contributed by atoms with E-state index in [9.17, 15) is 0 Å². The van der Waals surface area contributed by atoms with E-state index in [0.29, 0.717) is 0 Å². The van der Waals surface area contributed by atoms with Crippen LogP contribution in [0.4, 0.5) is 17.1 Å². The Kier molecular flexibility index (Phi) is 7.18. The molecule has 0 aliphatic rings. The molecule has 9 aromatic carbocycles. The van der Waals surface area contributed by atoms with Crippen LogP contribution in [0, 0.1) is 0 Å². The van der Waals surface area contributed by atoms with Crippen LogP contribution in [0.25, 0.3) is 71.3 Å². The molecule has 1 aromatic heterocycles. The highest BCUT2D eigenvalue weighted by Gasteiger charge is 2.18. The molecule has 0 amide bonds. The van der Waals surface area contributed by atoms with Crippen molar-refractivity contribution < 1.29 is 0 Å². The van der Waals surface area contributed by atoms with Gasteiger partial charge in [0.05, 0.1) is 11.0 Å². The molecule has 52 heavy (non-hydrogen) atoms. The lowest BCUT2D eigenvalue weighted by Gasteiger charge is -2.26. The van der Waals surface area contributed by atoms with Crippen molar-refractivity contribution >= 4 is 60.4 Å². The lowest BCUT2D eigenvalue weighted by atomic mass is 10.0. The van der Waals surface area contributed by atoms with Crippen molar-refractivity contribution in [1.82, 2.24) is 4.57 Å². The number of anilines is 3. The summed E-state index contributed by atoms with van der Waals surface area (Å²) in [5.41, 5.74) is 11.8. The summed E-state index contributed by atoms with van der Waals surface area (Å²) < 4.78 is 2.41. The standard InChI is InChI=1S/C50H34N2/c1-3-11-35(12-4-1)37-21-26-43(27-22-37)51(44-28-23-38(24-29-44)40-20-19-36-13-7-8-14-39(36)33-40)45-30-32-46-41(34-45)25-31-48-47-17-9-10-18-49(47)52(50(46)48)42-15-5-2-6-16-42/h1-34H. The summed E-state index contributed by atoms with van der Waals surface area (Å²) in [5.74, 6) is 0. The number of fused-ring (bicyclic) bond motifs is 6. The molecule has 0 fully saturated rings. The number of rotatable bonds is 6. The van der Waals surface area contributed by atoms with Crippen LogP contribution in [-0.2, 0) is 0 Å². The van der Waals surface area contributed by atoms with Crippen molar-refractivity contribution in [1.29, 1.82) is 0 Å². The minimum absolute atomic E-state index is 1.11. The normalized spacial score (nSPS) is 11.5. The predicted molar refractivity (Wildman–Crippen MR) is 221 cm³/mol. The van der Waals surface area contributed by atoms with Gasteiger partial charge in [-0.3, -0.25) is 0 Å². The molecule has 2 heteroatoms. The van der Waals surface area contributed by atoms with Gasteiger partial charge in [-0.05, 0) is 99.1 Å². The predicted octanol–water partition coefficient (Wildman–Crippen LogP) is 13.9. The lowest BCUT2D eigenvalue weighted by Crippen LogP contribution is -2.10. The van der Waals surface area contributed by atoms with Crippen molar-refractivity contribution in [3.63, 3.8) is 0 Å². The topological polar surface area (TPSA) is 8.17 Å². The van der Waals surface area contributed by atoms with Crippen LogP contribution in [0.5, 0.6) is 0 Å². The monoisotopic (exact) mass is 662 g/mol. The third-order valence-electron chi connectivity index (χ3n) is 10.3. The Bertz CT molecular complexity index is 2870. The van der Waals surface area contributed by atoms with Crippen LogP contribution >= 0.6 is 0 Å². The first-order chi connectivity index (χ1) is 25.8. The molecule has 0 unspecified atom stereocenters. The average molecular weight is 663 g/mol.